The minimum absolute atomic E-state index is 0.140. The largest absolute Gasteiger partial charge is 0.381 e. The van der Waals surface area contributed by atoms with Crippen molar-refractivity contribution in [1.82, 2.24) is 9.55 Å². The summed E-state index contributed by atoms with van der Waals surface area (Å²) in [7, 11) is 1.81. The number of anilines is 2. The van der Waals surface area contributed by atoms with Crippen LogP contribution in [0.4, 0.5) is 11.4 Å². The predicted octanol–water partition coefficient (Wildman–Crippen LogP) is 2.42. The van der Waals surface area contributed by atoms with Gasteiger partial charge in [-0.25, -0.2) is 4.98 Å². The highest BCUT2D eigenvalue weighted by atomic mass is 16.2. The smallest absolute Gasteiger partial charge is 0.273 e. The van der Waals surface area contributed by atoms with E-state index in [9.17, 15) is 4.79 Å². The maximum Gasteiger partial charge on any atom is 0.273 e. The second-order valence-electron chi connectivity index (χ2n) is 5.27. The van der Waals surface area contributed by atoms with Crippen molar-refractivity contribution in [3.05, 3.63) is 42.0 Å². The van der Waals surface area contributed by atoms with E-state index in [1.807, 2.05) is 19.2 Å². The molecule has 0 bridgehead atoms. The number of benzene rings is 1. The fraction of sp³-hybridized carbons (Fsp3) is 0.333. The Kier molecular flexibility index (Phi) is 3.18. The molecule has 1 aliphatic rings. The Morgan fingerprint density at radius 1 is 1.50 bits per heavy atom. The van der Waals surface area contributed by atoms with Crippen LogP contribution in [0.15, 0.2) is 30.7 Å². The van der Waals surface area contributed by atoms with E-state index >= 15 is 0 Å². The average Bonchev–Trinajstić information content (AvgIpc) is 2.86. The van der Waals surface area contributed by atoms with Crippen molar-refractivity contribution < 1.29 is 4.79 Å². The van der Waals surface area contributed by atoms with Gasteiger partial charge in [0.05, 0.1) is 23.9 Å². The van der Waals surface area contributed by atoms with E-state index in [0.29, 0.717) is 11.7 Å². The molecule has 1 atom stereocenters. The number of para-hydroxylation sites is 1. The van der Waals surface area contributed by atoms with Gasteiger partial charge in [-0.15, -0.1) is 0 Å². The summed E-state index contributed by atoms with van der Waals surface area (Å²) in [5.41, 5.74) is 3.68. The molecule has 0 radical (unpaired) electrons. The maximum absolute atomic E-state index is 12.3. The number of imidazole rings is 1. The number of hydrogen-bond acceptors (Lipinski definition) is 3. The third kappa shape index (κ3) is 2.27. The first-order valence-electron chi connectivity index (χ1n) is 6.81. The second-order valence-corrected chi connectivity index (χ2v) is 5.27. The summed E-state index contributed by atoms with van der Waals surface area (Å²) in [6.45, 7) is 2.16. The van der Waals surface area contributed by atoms with Crippen LogP contribution in [0.3, 0.4) is 0 Å². The second kappa shape index (κ2) is 5.00. The molecule has 0 spiro atoms. The number of amides is 1. The molecule has 20 heavy (non-hydrogen) atoms. The topological polar surface area (TPSA) is 59.0 Å². The van der Waals surface area contributed by atoms with Crippen molar-refractivity contribution in [2.45, 2.75) is 25.8 Å². The third-order valence-electron chi connectivity index (χ3n) is 3.69. The quantitative estimate of drug-likeness (QED) is 0.881. The van der Waals surface area contributed by atoms with Crippen LogP contribution in [-0.4, -0.2) is 21.5 Å². The highest BCUT2D eigenvalue weighted by Crippen LogP contribution is 2.32. The zero-order chi connectivity index (χ0) is 14.1. The summed E-state index contributed by atoms with van der Waals surface area (Å²) in [4.78, 5) is 16.2. The third-order valence-corrected chi connectivity index (χ3v) is 3.69. The van der Waals surface area contributed by atoms with Crippen LogP contribution in [0.5, 0.6) is 0 Å². The Hall–Kier alpha value is -2.30. The number of rotatable bonds is 2. The molecular formula is C15H18N4O. The SMILES string of the molecule is CC1CCc2cccc(NC(=O)c3cncn3C)c2N1. The minimum atomic E-state index is -0.140. The molecule has 5 heteroatoms. The zero-order valence-electron chi connectivity index (χ0n) is 11.7. The van der Waals surface area contributed by atoms with Crippen molar-refractivity contribution in [2.75, 3.05) is 10.6 Å². The Morgan fingerprint density at radius 3 is 3.10 bits per heavy atom. The number of nitrogens with zero attached hydrogens (tertiary/aromatic N) is 2. The van der Waals surface area contributed by atoms with Gasteiger partial charge in [-0.1, -0.05) is 12.1 Å². The number of carbonyl (C=O) groups excluding carboxylic acids is 1. The van der Waals surface area contributed by atoms with Gasteiger partial charge in [-0.2, -0.15) is 0 Å². The van der Waals surface area contributed by atoms with Crippen molar-refractivity contribution in [2.24, 2.45) is 7.05 Å². The lowest BCUT2D eigenvalue weighted by molar-refractivity contribution is 0.101. The van der Waals surface area contributed by atoms with Crippen molar-refractivity contribution in [1.29, 1.82) is 0 Å². The van der Waals surface area contributed by atoms with Gasteiger partial charge in [0.2, 0.25) is 0 Å². The van der Waals surface area contributed by atoms with Crippen LogP contribution < -0.4 is 10.6 Å². The Bertz CT molecular complexity index is 647. The predicted molar refractivity (Wildman–Crippen MR) is 79.0 cm³/mol. The lowest BCUT2D eigenvalue weighted by Crippen LogP contribution is -2.24. The number of fused-ring (bicyclic) bond motifs is 1. The van der Waals surface area contributed by atoms with E-state index in [0.717, 1.165) is 24.2 Å². The van der Waals surface area contributed by atoms with E-state index in [1.54, 1.807) is 17.1 Å². The van der Waals surface area contributed by atoms with Gasteiger partial charge in [0.1, 0.15) is 5.69 Å². The zero-order valence-corrected chi connectivity index (χ0v) is 11.7. The van der Waals surface area contributed by atoms with Crippen molar-refractivity contribution in [3.63, 3.8) is 0 Å². The molecular weight excluding hydrogens is 252 g/mol. The van der Waals surface area contributed by atoms with Gasteiger partial charge in [-0.05, 0) is 31.4 Å². The molecule has 1 amide bonds. The van der Waals surface area contributed by atoms with E-state index in [4.69, 9.17) is 0 Å². The Labute approximate surface area is 118 Å². The highest BCUT2D eigenvalue weighted by Gasteiger charge is 2.19. The lowest BCUT2D eigenvalue weighted by atomic mass is 9.98. The summed E-state index contributed by atoms with van der Waals surface area (Å²) < 4.78 is 1.71. The summed E-state index contributed by atoms with van der Waals surface area (Å²) in [6.07, 6.45) is 5.35. The van der Waals surface area contributed by atoms with Gasteiger partial charge in [0.15, 0.2) is 0 Å². The van der Waals surface area contributed by atoms with Crippen LogP contribution in [0, 0.1) is 0 Å². The fourth-order valence-electron chi connectivity index (χ4n) is 2.54. The van der Waals surface area contributed by atoms with Gasteiger partial charge < -0.3 is 15.2 Å². The maximum atomic E-state index is 12.3. The average molecular weight is 270 g/mol. The molecule has 0 aliphatic carbocycles. The van der Waals surface area contributed by atoms with E-state index in [2.05, 4.69) is 28.6 Å². The van der Waals surface area contributed by atoms with E-state index in [-0.39, 0.29) is 5.91 Å². The highest BCUT2D eigenvalue weighted by molar-refractivity contribution is 6.05. The number of aryl methyl sites for hydroxylation is 2. The molecule has 0 saturated heterocycles. The van der Waals surface area contributed by atoms with E-state index in [1.165, 1.54) is 5.56 Å². The van der Waals surface area contributed by atoms with E-state index < -0.39 is 0 Å². The molecule has 104 valence electrons. The summed E-state index contributed by atoms with van der Waals surface area (Å²) in [5.74, 6) is -0.140. The number of hydrogen-bond donors (Lipinski definition) is 2. The number of carbonyl (C=O) groups is 1. The molecule has 2 aromatic rings. The van der Waals surface area contributed by atoms with Crippen molar-refractivity contribution in [3.8, 4) is 0 Å². The summed E-state index contributed by atoms with van der Waals surface area (Å²) in [5, 5.41) is 6.43. The fourth-order valence-corrected chi connectivity index (χ4v) is 2.54. The van der Waals surface area contributed by atoms with Gasteiger partial charge in [0, 0.05) is 13.1 Å². The van der Waals surface area contributed by atoms with Crippen LogP contribution in [0.25, 0.3) is 0 Å². The summed E-state index contributed by atoms with van der Waals surface area (Å²) >= 11 is 0. The number of aromatic nitrogens is 2. The van der Waals surface area contributed by atoms with Gasteiger partial charge in [-0.3, -0.25) is 4.79 Å². The molecule has 1 aromatic carbocycles. The van der Waals surface area contributed by atoms with Crippen LogP contribution in [0.2, 0.25) is 0 Å². The first-order valence-corrected chi connectivity index (χ1v) is 6.81. The van der Waals surface area contributed by atoms with Crippen LogP contribution >= 0.6 is 0 Å². The Morgan fingerprint density at radius 2 is 2.35 bits per heavy atom. The van der Waals surface area contributed by atoms with Gasteiger partial charge >= 0.3 is 0 Å². The normalized spacial score (nSPS) is 17.2. The first kappa shape index (κ1) is 12.7. The van der Waals surface area contributed by atoms with Crippen molar-refractivity contribution >= 4 is 17.3 Å². The molecule has 1 aliphatic heterocycles. The number of nitrogens with one attached hydrogen (secondary N) is 2. The molecule has 5 nitrogen and oxygen atoms in total. The Balaban J connectivity index is 1.88. The molecule has 2 N–H and O–H groups in total. The van der Waals surface area contributed by atoms with Crippen LogP contribution in [-0.2, 0) is 13.5 Å². The first-order chi connectivity index (χ1) is 9.65. The monoisotopic (exact) mass is 270 g/mol. The molecule has 2 heterocycles. The molecule has 3 rings (SSSR count). The van der Waals surface area contributed by atoms with Crippen LogP contribution in [0.1, 0.15) is 29.4 Å². The van der Waals surface area contributed by atoms with Gasteiger partial charge in [0.25, 0.3) is 5.91 Å². The molecule has 0 fully saturated rings. The molecule has 1 unspecified atom stereocenters. The lowest BCUT2D eigenvalue weighted by Gasteiger charge is -2.26. The minimum Gasteiger partial charge on any atom is -0.381 e. The molecule has 1 aromatic heterocycles. The summed E-state index contributed by atoms with van der Waals surface area (Å²) in [6, 6.07) is 6.44. The molecule has 0 saturated carbocycles. The standard InChI is InChI=1S/C15H18N4O/c1-10-6-7-11-4-3-5-12(14(11)17-10)18-15(20)13-8-16-9-19(13)2/h3-5,8-10,17H,6-7H2,1-2H3,(H,18,20).